The fraction of sp³-hybridized carbons (Fsp3) is 0.400. The van der Waals surface area contributed by atoms with Crippen molar-refractivity contribution in [3.63, 3.8) is 0 Å². The highest BCUT2D eigenvalue weighted by Crippen LogP contribution is 1.88. The molecule has 0 saturated carbocycles. The van der Waals surface area contributed by atoms with Crippen molar-refractivity contribution in [1.29, 1.82) is 0 Å². The van der Waals surface area contributed by atoms with Gasteiger partial charge >= 0.3 is 0 Å². The van der Waals surface area contributed by atoms with Gasteiger partial charge in [0.15, 0.2) is 0 Å². The largest absolute Gasteiger partial charge is 0.351 e. The van der Waals surface area contributed by atoms with Crippen LogP contribution in [0, 0.1) is 0 Å². The maximum atomic E-state index is 6.47. The van der Waals surface area contributed by atoms with Crippen molar-refractivity contribution in [2.24, 2.45) is 5.73 Å². The van der Waals surface area contributed by atoms with Crippen molar-refractivity contribution < 1.29 is 4.66 Å². The second-order valence-electron chi connectivity index (χ2n) is 1.60. The van der Waals surface area contributed by atoms with Gasteiger partial charge in [-0.25, -0.2) is 4.98 Å². The number of H-pyrrole nitrogens is 1. The Bertz CT molecular complexity index is 143. The summed E-state index contributed by atoms with van der Waals surface area (Å²) in [5.41, 5.74) is 6.30. The van der Waals surface area contributed by atoms with Gasteiger partial charge in [0.05, 0.1) is 23.9 Å². The van der Waals surface area contributed by atoms with Crippen molar-refractivity contribution >= 4 is 11.9 Å². The van der Waals surface area contributed by atoms with E-state index in [0.29, 0.717) is 6.54 Å². The summed E-state index contributed by atoms with van der Waals surface area (Å²) in [6.45, 7) is 0.671. The average Bonchev–Trinajstić information content (AvgIpc) is 2.46. The molecule has 1 aromatic heterocycles. The van der Waals surface area contributed by atoms with E-state index in [1.807, 2.05) is 6.20 Å². The summed E-state index contributed by atoms with van der Waals surface area (Å²) >= 11 is 3.64. The van der Waals surface area contributed by atoms with Crippen molar-refractivity contribution in [2.75, 3.05) is 6.54 Å². The van der Waals surface area contributed by atoms with Crippen LogP contribution in [0.4, 0.5) is 0 Å². The molecular formula is C5H10ClN3O. The first-order valence-electron chi connectivity index (χ1n) is 2.78. The first kappa shape index (κ1) is 9.42. The highest BCUT2D eigenvalue weighted by Gasteiger charge is 1.87. The molecule has 0 aliphatic carbocycles. The lowest BCUT2D eigenvalue weighted by Crippen LogP contribution is -2.02. The number of aromatic amines is 1. The highest BCUT2D eigenvalue weighted by molar-refractivity contribution is 6.04. The Morgan fingerprint density at radius 3 is 2.80 bits per heavy atom. The molecule has 0 radical (unpaired) electrons. The van der Waals surface area contributed by atoms with Crippen LogP contribution in [0.15, 0.2) is 12.5 Å². The van der Waals surface area contributed by atoms with Crippen LogP contribution in [-0.2, 0) is 6.42 Å². The number of rotatable bonds is 2. The fourth-order valence-electron chi connectivity index (χ4n) is 0.576. The van der Waals surface area contributed by atoms with Crippen molar-refractivity contribution in [3.05, 3.63) is 18.2 Å². The van der Waals surface area contributed by atoms with Crippen LogP contribution in [-0.4, -0.2) is 21.2 Å². The Labute approximate surface area is 64.2 Å². The lowest BCUT2D eigenvalue weighted by atomic mass is 10.3. The molecule has 1 rings (SSSR count). The summed E-state index contributed by atoms with van der Waals surface area (Å²) in [6.07, 6.45) is 4.38. The number of aromatic nitrogens is 2. The summed E-state index contributed by atoms with van der Waals surface area (Å²) < 4.78 is 6.47. The molecular weight excluding hydrogens is 154 g/mol. The highest BCUT2D eigenvalue weighted by atomic mass is 35.5. The summed E-state index contributed by atoms with van der Waals surface area (Å²) in [5, 5.41) is 0. The van der Waals surface area contributed by atoms with Crippen LogP contribution < -0.4 is 5.73 Å². The molecule has 1 heterocycles. The molecule has 0 aliphatic rings. The van der Waals surface area contributed by atoms with Gasteiger partial charge in [0.2, 0.25) is 0 Å². The normalized spacial score (nSPS) is 8.30. The van der Waals surface area contributed by atoms with Crippen molar-refractivity contribution in [3.8, 4) is 0 Å². The minimum absolute atomic E-state index is 0.671. The Morgan fingerprint density at radius 1 is 1.70 bits per heavy atom. The van der Waals surface area contributed by atoms with Crippen LogP contribution in [0.3, 0.4) is 0 Å². The molecule has 0 saturated heterocycles. The minimum Gasteiger partial charge on any atom is -0.351 e. The molecule has 10 heavy (non-hydrogen) atoms. The third-order valence-corrected chi connectivity index (χ3v) is 0.955. The van der Waals surface area contributed by atoms with Gasteiger partial charge in [-0.3, -0.25) is 4.66 Å². The summed E-state index contributed by atoms with van der Waals surface area (Å²) in [4.78, 5) is 6.82. The smallest absolute Gasteiger partial charge is 0.0923 e. The second-order valence-corrected chi connectivity index (χ2v) is 1.60. The predicted molar refractivity (Wildman–Crippen MR) is 39.4 cm³/mol. The van der Waals surface area contributed by atoms with E-state index < -0.39 is 0 Å². The van der Waals surface area contributed by atoms with E-state index in [1.54, 1.807) is 6.33 Å². The fourth-order valence-corrected chi connectivity index (χ4v) is 0.576. The molecule has 4 nitrogen and oxygen atoms in total. The van der Waals surface area contributed by atoms with Crippen molar-refractivity contribution in [2.45, 2.75) is 6.42 Å². The van der Waals surface area contributed by atoms with Gasteiger partial charge in [0.1, 0.15) is 0 Å². The molecule has 58 valence electrons. The van der Waals surface area contributed by atoms with Gasteiger partial charge in [-0.05, 0) is 6.54 Å². The number of hydrogen-bond acceptors (Lipinski definition) is 3. The van der Waals surface area contributed by atoms with Gasteiger partial charge in [-0.1, -0.05) is 0 Å². The maximum Gasteiger partial charge on any atom is 0.0923 e. The predicted octanol–water partition coefficient (Wildman–Crippen LogP) is 0.0434. The van der Waals surface area contributed by atoms with Crippen LogP contribution >= 0.6 is 11.9 Å². The quantitative estimate of drug-likeness (QED) is 0.577. The SMILES string of the molecule is NCCc1c[nH]cn1.OCl. The van der Waals surface area contributed by atoms with E-state index in [1.165, 1.54) is 0 Å². The molecule has 0 fully saturated rings. The van der Waals surface area contributed by atoms with E-state index >= 15 is 0 Å². The zero-order valence-corrected chi connectivity index (χ0v) is 6.17. The average molecular weight is 164 g/mol. The molecule has 0 aliphatic heterocycles. The molecule has 0 unspecified atom stereocenters. The maximum absolute atomic E-state index is 6.47. The lowest BCUT2D eigenvalue weighted by molar-refractivity contribution is 0.632. The molecule has 4 N–H and O–H groups in total. The second kappa shape index (κ2) is 6.54. The molecule has 0 amide bonds. The molecule has 0 spiro atoms. The van der Waals surface area contributed by atoms with E-state index in [0.717, 1.165) is 12.1 Å². The van der Waals surface area contributed by atoms with Crippen LogP contribution in [0.5, 0.6) is 0 Å². The zero-order valence-electron chi connectivity index (χ0n) is 5.42. The third kappa shape index (κ3) is 3.45. The van der Waals surface area contributed by atoms with Gasteiger partial charge in [0.25, 0.3) is 0 Å². The Balaban J connectivity index is 0.000000371. The van der Waals surface area contributed by atoms with Crippen LogP contribution in [0.25, 0.3) is 0 Å². The summed E-state index contributed by atoms with van der Waals surface area (Å²) in [6, 6.07) is 0. The third-order valence-electron chi connectivity index (χ3n) is 0.955. The summed E-state index contributed by atoms with van der Waals surface area (Å²) in [5.74, 6) is 0. The van der Waals surface area contributed by atoms with E-state index in [4.69, 9.17) is 10.4 Å². The van der Waals surface area contributed by atoms with Gasteiger partial charge in [-0.2, -0.15) is 0 Å². The zero-order chi connectivity index (χ0) is 7.82. The van der Waals surface area contributed by atoms with Crippen LogP contribution in [0.2, 0.25) is 0 Å². The monoisotopic (exact) mass is 163 g/mol. The number of imidazole rings is 1. The number of nitrogens with two attached hydrogens (primary N) is 1. The van der Waals surface area contributed by atoms with E-state index in [-0.39, 0.29) is 0 Å². The standard InChI is InChI=1S/C5H9N3.ClHO/c6-2-1-5-3-7-4-8-5;1-2/h3-4H,1-2,6H2,(H,7,8);2H. The summed E-state index contributed by atoms with van der Waals surface area (Å²) in [7, 11) is 0. The van der Waals surface area contributed by atoms with E-state index in [9.17, 15) is 0 Å². The van der Waals surface area contributed by atoms with Crippen molar-refractivity contribution in [1.82, 2.24) is 9.97 Å². The molecule has 0 atom stereocenters. The topological polar surface area (TPSA) is 74.9 Å². The molecule has 5 heteroatoms. The Kier molecular flexibility index (Phi) is 6.16. The number of halogens is 1. The van der Waals surface area contributed by atoms with Gasteiger partial charge in [-0.15, -0.1) is 0 Å². The molecule has 0 bridgehead atoms. The Hall–Kier alpha value is -0.580. The first-order valence-corrected chi connectivity index (χ1v) is 3.12. The number of nitrogens with one attached hydrogen (secondary N) is 1. The minimum atomic E-state index is 0.671. The molecule has 0 aromatic carbocycles. The number of nitrogens with zero attached hydrogens (tertiary/aromatic N) is 1. The van der Waals surface area contributed by atoms with Crippen LogP contribution in [0.1, 0.15) is 5.69 Å². The first-order chi connectivity index (χ1) is 4.93. The number of hydrogen-bond donors (Lipinski definition) is 3. The van der Waals surface area contributed by atoms with E-state index in [2.05, 4.69) is 21.8 Å². The van der Waals surface area contributed by atoms with Gasteiger partial charge in [0, 0.05) is 12.6 Å². The lowest BCUT2D eigenvalue weighted by Gasteiger charge is -1.85. The van der Waals surface area contributed by atoms with Gasteiger partial charge < -0.3 is 10.7 Å². The molecule has 1 aromatic rings. The Morgan fingerprint density at radius 2 is 2.40 bits per heavy atom.